The van der Waals surface area contributed by atoms with E-state index in [4.69, 9.17) is 0 Å². The van der Waals surface area contributed by atoms with Gasteiger partial charge in [0, 0.05) is 24.3 Å². The third-order valence-electron chi connectivity index (χ3n) is 2.60. The molecule has 2 heterocycles. The summed E-state index contributed by atoms with van der Waals surface area (Å²) in [6, 6.07) is 10.5. The number of halogens is 3. The van der Waals surface area contributed by atoms with Crippen LogP contribution in [-0.2, 0) is 31.5 Å². The smallest absolute Gasteiger partial charge is 1.00 e. The van der Waals surface area contributed by atoms with Crippen LogP contribution in [0.3, 0.4) is 0 Å². The summed E-state index contributed by atoms with van der Waals surface area (Å²) in [4.78, 5) is 27.6. The van der Waals surface area contributed by atoms with Gasteiger partial charge in [0.25, 0.3) is 11.6 Å². The van der Waals surface area contributed by atoms with Crippen molar-refractivity contribution in [1.82, 2.24) is 0 Å². The normalized spacial score (nSPS) is 7.94. The van der Waals surface area contributed by atoms with Gasteiger partial charge >= 0.3 is 49.6 Å². The van der Waals surface area contributed by atoms with E-state index in [0.717, 1.165) is 12.2 Å². The van der Waals surface area contributed by atoms with Gasteiger partial charge in [-0.05, 0) is 12.1 Å². The molecule has 18 heteroatoms. The summed E-state index contributed by atoms with van der Waals surface area (Å²) in [5.41, 5.74) is 0. The number of carbonyl (C=O) groups is 2. The van der Waals surface area contributed by atoms with Gasteiger partial charge in [-0.1, -0.05) is 26.0 Å². The Balaban J connectivity index is -0.0000000367. The van der Waals surface area contributed by atoms with Gasteiger partial charge in [0.2, 0.25) is 0 Å². The van der Waals surface area contributed by atoms with Crippen LogP contribution < -0.4 is 68.0 Å². The van der Waals surface area contributed by atoms with E-state index in [1.807, 2.05) is 0 Å². The number of amides is 2. The Morgan fingerprint density at radius 3 is 1.17 bits per heavy atom. The van der Waals surface area contributed by atoms with Crippen molar-refractivity contribution in [2.24, 2.45) is 0 Å². The molecule has 0 aliphatic rings. The van der Waals surface area contributed by atoms with Gasteiger partial charge in [0.15, 0.2) is 0 Å². The van der Waals surface area contributed by atoms with Crippen LogP contribution >= 0.6 is 0 Å². The van der Waals surface area contributed by atoms with E-state index in [-0.39, 0.29) is 119 Å². The van der Waals surface area contributed by atoms with Crippen molar-refractivity contribution in [2.75, 3.05) is 10.6 Å². The summed E-state index contributed by atoms with van der Waals surface area (Å²) in [6.45, 7) is 2.66. The second-order valence-electron chi connectivity index (χ2n) is 5.04. The maximum Gasteiger partial charge on any atom is 3.00 e. The van der Waals surface area contributed by atoms with Crippen molar-refractivity contribution >= 4 is 23.5 Å². The summed E-state index contributed by atoms with van der Waals surface area (Å²) in [7, 11) is 0. The molecule has 0 fully saturated rings. The number of pyridine rings is 2. The Kier molecular flexibility index (Phi) is 67.5. The first-order valence-electron chi connectivity index (χ1n) is 7.63. The molecule has 20 N–H and O–H groups in total. The number of aromatic amines is 2. The van der Waals surface area contributed by atoms with Gasteiger partial charge in [0.1, 0.15) is 0 Å². The van der Waals surface area contributed by atoms with Gasteiger partial charge in [0.05, 0.1) is 12.4 Å². The zero-order valence-electron chi connectivity index (χ0n) is 19.2. The summed E-state index contributed by atoms with van der Waals surface area (Å²) in [6.07, 6.45) is 5.37. The van der Waals surface area contributed by atoms with Gasteiger partial charge in [-0.2, -0.15) is 0 Å². The maximum absolute atomic E-state index is 11.0. The number of carbonyl (C=O) groups excluding carboxylic acids is 2. The molecule has 0 atom stereocenters. The van der Waals surface area contributed by atoms with E-state index >= 15 is 0 Å². The molecule has 0 aliphatic carbocycles. The molecule has 0 radical (unpaired) electrons. The van der Waals surface area contributed by atoms with E-state index in [2.05, 4.69) is 20.6 Å². The van der Waals surface area contributed by atoms with Crippen LogP contribution in [0, 0.1) is 37.7 Å². The molecular formula is C18H36Cl3HoN4O10+4. The molecule has 2 rings (SSSR count). The van der Waals surface area contributed by atoms with Crippen LogP contribution in [-0.4, -0.2) is 22.8 Å². The van der Waals surface area contributed by atoms with Gasteiger partial charge in [-0.3, -0.25) is 0 Å². The number of rotatable bonds is 4. The summed E-state index contributed by atoms with van der Waals surface area (Å²) >= 11 is 0. The quantitative estimate of drug-likeness (QED) is 0.133. The van der Waals surface area contributed by atoms with Crippen LogP contribution in [0.15, 0.2) is 72.5 Å². The fourth-order valence-electron chi connectivity index (χ4n) is 1.65. The van der Waals surface area contributed by atoms with E-state index in [0.29, 0.717) is 11.6 Å². The number of allylic oxidation sites excluding steroid dienone is 2. The summed E-state index contributed by atoms with van der Waals surface area (Å²) < 4.78 is 0. The van der Waals surface area contributed by atoms with Crippen molar-refractivity contribution in [3.05, 3.63) is 72.5 Å². The number of anilines is 2. The van der Waals surface area contributed by atoms with Gasteiger partial charge in [-0.15, -0.1) is 11.5 Å². The molecule has 14 nitrogen and oxygen atoms in total. The molecule has 0 spiro atoms. The van der Waals surface area contributed by atoms with Crippen molar-refractivity contribution in [3.8, 4) is 0 Å². The SMILES string of the molecule is C/C([O-])=C/C(=O)Nc1cccc[nH+]1.C/C([O-])=C/C(=O)Nc1cccc[nH+]1.O.O.[Cl-].[Cl-].[Cl-].[Ho+3].[OH3+].[OH3+].[OH3+].[OH3+]. The molecule has 0 bridgehead atoms. The zero-order chi connectivity index (χ0) is 19.4. The molecule has 0 aliphatic heterocycles. The Bertz CT molecular complexity index is 733. The van der Waals surface area contributed by atoms with Crippen molar-refractivity contribution in [1.29, 1.82) is 0 Å². The minimum absolute atomic E-state index is 0. The summed E-state index contributed by atoms with van der Waals surface area (Å²) in [5, 5.41) is 26.0. The number of H-pyrrole nitrogens is 2. The first-order valence-corrected chi connectivity index (χ1v) is 7.63. The van der Waals surface area contributed by atoms with Crippen LogP contribution in [0.5, 0.6) is 0 Å². The first kappa shape index (κ1) is 64.4. The monoisotopic (exact) mass is 738 g/mol. The topological polar surface area (TPSA) is 328 Å². The largest absolute Gasteiger partial charge is 3.00 e. The fraction of sp³-hybridized carbons (Fsp3) is 0.111. The molecule has 0 saturated heterocycles. The minimum Gasteiger partial charge on any atom is -1.00 e. The number of nitrogens with one attached hydrogen (secondary N) is 4. The average Bonchev–Trinajstić information content (AvgIpc) is 2.55. The molecule has 36 heavy (non-hydrogen) atoms. The van der Waals surface area contributed by atoms with Gasteiger partial charge in [-0.25, -0.2) is 30.2 Å². The number of aromatic nitrogens is 2. The second kappa shape index (κ2) is 37.8. The van der Waals surface area contributed by atoms with Crippen molar-refractivity contribution in [3.63, 3.8) is 0 Å². The molecule has 0 saturated carbocycles. The molecule has 0 unspecified atom stereocenters. The average molecular weight is 740 g/mol. The Hall–Kier alpha value is -1.79. The molecule has 216 valence electrons. The van der Waals surface area contributed by atoms with Gasteiger partial charge < -0.3 is 80.3 Å². The maximum atomic E-state index is 11.0. The number of hydrogen-bond donors (Lipinski definition) is 2. The zero-order valence-corrected chi connectivity index (χ0v) is 23.4. The van der Waals surface area contributed by atoms with E-state index in [9.17, 15) is 19.8 Å². The first-order chi connectivity index (χ1) is 12.4. The standard InChI is InChI=1S/2C9H10N2O2.3ClH.Ho.6H2O/c2*1-7(12)6-9(13)11-8-4-2-3-5-10-8;;;;;;;;;;/h2*2-6,12H,1H3,(H,10,11,13);3*1H;;6*1H2/q;;;;;+3;;;;;;/p+1/b2*7-6-;;;;;;;;;;. The van der Waals surface area contributed by atoms with Crippen LogP contribution in [0.25, 0.3) is 0 Å². The second-order valence-corrected chi connectivity index (χ2v) is 5.04. The third-order valence-corrected chi connectivity index (χ3v) is 2.60. The van der Waals surface area contributed by atoms with Crippen LogP contribution in [0.1, 0.15) is 13.8 Å². The van der Waals surface area contributed by atoms with Crippen LogP contribution in [0.4, 0.5) is 11.6 Å². The molecule has 2 amide bonds. The van der Waals surface area contributed by atoms with Crippen LogP contribution in [0.2, 0.25) is 0 Å². The van der Waals surface area contributed by atoms with Crippen molar-refractivity contribution < 1.29 is 138 Å². The van der Waals surface area contributed by atoms with E-state index < -0.39 is 11.8 Å². The molecule has 2 aromatic heterocycles. The predicted molar refractivity (Wildman–Crippen MR) is 117 cm³/mol. The Labute approximate surface area is 256 Å². The minimum atomic E-state index is -0.421. The molecular weight excluding hydrogens is 704 g/mol. The third kappa shape index (κ3) is 34.4. The Morgan fingerprint density at radius 1 is 0.694 bits per heavy atom. The van der Waals surface area contributed by atoms with E-state index in [1.54, 1.807) is 48.8 Å². The number of hydrogen-bond acceptors (Lipinski definition) is 4. The summed E-state index contributed by atoms with van der Waals surface area (Å²) in [5.74, 6) is -0.262. The molecule has 2 aromatic rings. The van der Waals surface area contributed by atoms with Crippen molar-refractivity contribution in [2.45, 2.75) is 13.8 Å². The molecule has 0 aromatic carbocycles. The Morgan fingerprint density at radius 2 is 0.972 bits per heavy atom. The van der Waals surface area contributed by atoms with E-state index in [1.165, 1.54) is 13.8 Å². The predicted octanol–water partition coefficient (Wildman–Crippen LogP) is -14.9. The fourth-order valence-corrected chi connectivity index (χ4v) is 1.65.